The Morgan fingerprint density at radius 1 is 1.04 bits per heavy atom. The molecular weight excluding hydrogens is 370 g/mol. The van der Waals surface area contributed by atoms with Crippen molar-refractivity contribution in [1.29, 1.82) is 0 Å². The van der Waals surface area contributed by atoms with Crippen LogP contribution in [-0.4, -0.2) is 23.3 Å². The smallest absolute Gasteiger partial charge is 0.250 e. The number of benzene rings is 2. The lowest BCUT2D eigenvalue weighted by Crippen LogP contribution is -2.21. The molecule has 0 heterocycles. The quantitative estimate of drug-likeness (QED) is 0.553. The minimum Gasteiger partial charge on any atom is -0.326 e. The van der Waals surface area contributed by atoms with Crippen molar-refractivity contribution in [2.75, 3.05) is 11.1 Å². The van der Waals surface area contributed by atoms with Gasteiger partial charge in [-0.15, -0.1) is 11.8 Å². The third-order valence-electron chi connectivity index (χ3n) is 3.39. The minimum absolute atomic E-state index is 0.119. The maximum atomic E-state index is 11.9. The molecule has 0 bridgehead atoms. The molecule has 7 heteroatoms. The highest BCUT2D eigenvalue weighted by atomic mass is 35.5. The van der Waals surface area contributed by atoms with E-state index in [0.29, 0.717) is 16.5 Å². The molecule has 0 spiro atoms. The molecule has 136 valence electrons. The molecule has 0 unspecified atom stereocenters. The SMILES string of the molecule is CC(=O)Nc1ccc(/C(C)=N\NC(=O)CSCc2ccc(Cl)cc2)cc1. The molecule has 0 aromatic heterocycles. The van der Waals surface area contributed by atoms with Crippen LogP contribution in [-0.2, 0) is 15.3 Å². The van der Waals surface area contributed by atoms with Crippen LogP contribution in [0.2, 0.25) is 5.02 Å². The number of nitrogens with zero attached hydrogens (tertiary/aromatic N) is 1. The Balaban J connectivity index is 1.79. The van der Waals surface area contributed by atoms with Crippen LogP contribution in [0.4, 0.5) is 5.69 Å². The summed E-state index contributed by atoms with van der Waals surface area (Å²) in [7, 11) is 0. The van der Waals surface area contributed by atoms with Crippen molar-refractivity contribution in [3.63, 3.8) is 0 Å². The van der Waals surface area contributed by atoms with E-state index in [1.165, 1.54) is 18.7 Å². The molecule has 2 amide bonds. The Morgan fingerprint density at radius 3 is 2.31 bits per heavy atom. The Kier molecular flexibility index (Phi) is 7.69. The van der Waals surface area contributed by atoms with Crippen LogP contribution in [0.5, 0.6) is 0 Å². The van der Waals surface area contributed by atoms with E-state index >= 15 is 0 Å². The molecule has 0 aliphatic rings. The first-order valence-electron chi connectivity index (χ1n) is 7.97. The van der Waals surface area contributed by atoms with Gasteiger partial charge in [0.15, 0.2) is 0 Å². The Labute approximate surface area is 162 Å². The number of anilines is 1. The molecule has 0 saturated heterocycles. The van der Waals surface area contributed by atoms with Gasteiger partial charge in [-0.3, -0.25) is 9.59 Å². The number of hydrogen-bond acceptors (Lipinski definition) is 4. The summed E-state index contributed by atoms with van der Waals surface area (Å²) in [4.78, 5) is 22.9. The fourth-order valence-corrected chi connectivity index (χ4v) is 2.99. The van der Waals surface area contributed by atoms with E-state index in [1.54, 1.807) is 12.1 Å². The standard InChI is InChI=1S/C19H20ClN3O2S/c1-13(16-5-9-18(10-6-16)21-14(2)24)22-23-19(25)12-26-11-15-3-7-17(20)8-4-15/h3-10H,11-12H2,1-2H3,(H,21,24)(H,23,25)/b22-13-. The zero-order valence-corrected chi connectivity index (χ0v) is 16.2. The Morgan fingerprint density at radius 2 is 1.69 bits per heavy atom. The average molecular weight is 390 g/mol. The molecule has 0 saturated carbocycles. The number of rotatable bonds is 7. The maximum Gasteiger partial charge on any atom is 0.250 e. The average Bonchev–Trinajstić information content (AvgIpc) is 2.61. The highest BCUT2D eigenvalue weighted by Gasteiger charge is 2.03. The largest absolute Gasteiger partial charge is 0.326 e. The molecule has 26 heavy (non-hydrogen) atoms. The summed E-state index contributed by atoms with van der Waals surface area (Å²) in [6.07, 6.45) is 0. The normalized spacial score (nSPS) is 11.1. The highest BCUT2D eigenvalue weighted by Crippen LogP contribution is 2.15. The van der Waals surface area contributed by atoms with E-state index in [2.05, 4.69) is 15.8 Å². The second-order valence-electron chi connectivity index (χ2n) is 5.61. The molecule has 2 rings (SSSR count). The van der Waals surface area contributed by atoms with Gasteiger partial charge in [0.05, 0.1) is 11.5 Å². The van der Waals surface area contributed by atoms with E-state index in [4.69, 9.17) is 11.6 Å². The van der Waals surface area contributed by atoms with Gasteiger partial charge in [0.25, 0.3) is 0 Å². The van der Waals surface area contributed by atoms with Crippen molar-refractivity contribution in [2.45, 2.75) is 19.6 Å². The van der Waals surface area contributed by atoms with E-state index in [0.717, 1.165) is 22.6 Å². The van der Waals surface area contributed by atoms with Gasteiger partial charge >= 0.3 is 0 Å². The van der Waals surface area contributed by atoms with Crippen LogP contribution in [0, 0.1) is 0 Å². The zero-order chi connectivity index (χ0) is 18.9. The van der Waals surface area contributed by atoms with Crippen molar-refractivity contribution in [3.8, 4) is 0 Å². The van der Waals surface area contributed by atoms with Crippen LogP contribution >= 0.6 is 23.4 Å². The summed E-state index contributed by atoms with van der Waals surface area (Å²) in [5, 5.41) is 7.52. The van der Waals surface area contributed by atoms with Crippen molar-refractivity contribution < 1.29 is 9.59 Å². The van der Waals surface area contributed by atoms with E-state index < -0.39 is 0 Å². The maximum absolute atomic E-state index is 11.9. The summed E-state index contributed by atoms with van der Waals surface area (Å²) in [5.74, 6) is 0.781. The van der Waals surface area contributed by atoms with Gasteiger partial charge in [0.2, 0.25) is 11.8 Å². The predicted octanol–water partition coefficient (Wildman–Crippen LogP) is 4.07. The first kappa shape index (κ1) is 20.0. The molecule has 0 atom stereocenters. The fourth-order valence-electron chi connectivity index (χ4n) is 2.08. The van der Waals surface area contributed by atoms with Gasteiger partial charge in [-0.25, -0.2) is 5.43 Å². The first-order valence-corrected chi connectivity index (χ1v) is 9.50. The lowest BCUT2D eigenvalue weighted by molar-refractivity contribution is -0.118. The monoisotopic (exact) mass is 389 g/mol. The molecule has 0 aliphatic heterocycles. The summed E-state index contributed by atoms with van der Waals surface area (Å²) >= 11 is 7.36. The van der Waals surface area contributed by atoms with Crippen LogP contribution in [0.25, 0.3) is 0 Å². The second kappa shape index (κ2) is 9.99. The zero-order valence-electron chi connectivity index (χ0n) is 14.6. The fraction of sp³-hybridized carbons (Fsp3) is 0.211. The number of carbonyl (C=O) groups excluding carboxylic acids is 2. The third kappa shape index (κ3) is 6.90. The molecule has 2 aromatic carbocycles. The third-order valence-corrected chi connectivity index (χ3v) is 4.64. The van der Waals surface area contributed by atoms with Gasteiger partial charge in [0.1, 0.15) is 0 Å². The van der Waals surface area contributed by atoms with Crippen molar-refractivity contribution in [2.24, 2.45) is 5.10 Å². The van der Waals surface area contributed by atoms with Gasteiger partial charge in [-0.1, -0.05) is 35.9 Å². The van der Waals surface area contributed by atoms with Crippen LogP contribution in [0.15, 0.2) is 53.6 Å². The topological polar surface area (TPSA) is 70.6 Å². The van der Waals surface area contributed by atoms with Crippen molar-refractivity contribution >= 4 is 46.6 Å². The number of carbonyl (C=O) groups is 2. The second-order valence-corrected chi connectivity index (χ2v) is 7.03. The lowest BCUT2D eigenvalue weighted by Gasteiger charge is -2.05. The molecule has 0 radical (unpaired) electrons. The van der Waals surface area contributed by atoms with Gasteiger partial charge in [0, 0.05) is 23.4 Å². The molecule has 0 fully saturated rings. The van der Waals surface area contributed by atoms with Crippen molar-refractivity contribution in [3.05, 3.63) is 64.7 Å². The van der Waals surface area contributed by atoms with E-state index in [-0.39, 0.29) is 11.8 Å². The summed E-state index contributed by atoms with van der Waals surface area (Å²) in [6.45, 7) is 3.27. The van der Waals surface area contributed by atoms with E-state index in [9.17, 15) is 9.59 Å². The highest BCUT2D eigenvalue weighted by molar-refractivity contribution is 7.99. The lowest BCUT2D eigenvalue weighted by atomic mass is 10.1. The molecular formula is C19H20ClN3O2S. The van der Waals surface area contributed by atoms with Gasteiger partial charge in [-0.05, 0) is 42.3 Å². The van der Waals surface area contributed by atoms with Crippen molar-refractivity contribution in [1.82, 2.24) is 5.43 Å². The molecule has 2 aromatic rings. The number of nitrogens with one attached hydrogen (secondary N) is 2. The number of amides is 2. The van der Waals surface area contributed by atoms with Gasteiger partial charge < -0.3 is 5.32 Å². The summed E-state index contributed by atoms with van der Waals surface area (Å²) in [5.41, 5.74) is 5.96. The van der Waals surface area contributed by atoms with Crippen LogP contribution in [0.3, 0.4) is 0 Å². The minimum atomic E-state index is -0.154. The predicted molar refractivity (Wildman–Crippen MR) is 109 cm³/mol. The molecule has 2 N–H and O–H groups in total. The summed E-state index contributed by atoms with van der Waals surface area (Å²) in [6, 6.07) is 14.8. The number of hydrogen-bond donors (Lipinski definition) is 2. The number of thioether (sulfide) groups is 1. The van der Waals surface area contributed by atoms with Crippen LogP contribution < -0.4 is 10.7 Å². The van der Waals surface area contributed by atoms with Gasteiger partial charge in [-0.2, -0.15) is 5.10 Å². The molecule has 5 nitrogen and oxygen atoms in total. The Bertz CT molecular complexity index is 789. The number of hydrazone groups is 1. The first-order chi connectivity index (χ1) is 12.4. The van der Waals surface area contributed by atoms with Crippen LogP contribution in [0.1, 0.15) is 25.0 Å². The number of halogens is 1. The summed E-state index contributed by atoms with van der Waals surface area (Å²) < 4.78 is 0. The van der Waals surface area contributed by atoms with E-state index in [1.807, 2.05) is 43.3 Å². The Hall–Kier alpha value is -2.31. The molecule has 0 aliphatic carbocycles.